The summed E-state index contributed by atoms with van der Waals surface area (Å²) in [5.74, 6) is 0.426. The Morgan fingerprint density at radius 3 is 2.71 bits per heavy atom. The molecule has 0 bridgehead atoms. The fourth-order valence-electron chi connectivity index (χ4n) is 2.56. The van der Waals surface area contributed by atoms with E-state index in [-0.39, 0.29) is 5.92 Å². The first-order valence-electron chi connectivity index (χ1n) is 6.53. The number of hydrogen-bond donors (Lipinski definition) is 0. The molecule has 92 valence electrons. The van der Waals surface area contributed by atoms with Gasteiger partial charge in [0.1, 0.15) is 0 Å². The molecule has 1 heterocycles. The highest BCUT2D eigenvalue weighted by Gasteiger charge is 2.29. The van der Waals surface area contributed by atoms with Crippen LogP contribution in [-0.2, 0) is 11.2 Å². The zero-order valence-electron chi connectivity index (χ0n) is 10.7. The first-order valence-corrected chi connectivity index (χ1v) is 6.53. The van der Waals surface area contributed by atoms with E-state index >= 15 is 0 Å². The number of nitrogens with zero attached hydrogens (tertiary/aromatic N) is 1. The second-order valence-electron chi connectivity index (χ2n) is 5.17. The second kappa shape index (κ2) is 5.35. The lowest BCUT2D eigenvalue weighted by Gasteiger charge is -2.26. The van der Waals surface area contributed by atoms with Gasteiger partial charge in [-0.15, -0.1) is 0 Å². The molecule has 2 rings (SSSR count). The van der Waals surface area contributed by atoms with E-state index in [0.29, 0.717) is 11.9 Å². The van der Waals surface area contributed by atoms with Crippen LogP contribution in [0.1, 0.15) is 32.3 Å². The molecule has 1 aliphatic rings. The third-order valence-electron chi connectivity index (χ3n) is 3.47. The summed E-state index contributed by atoms with van der Waals surface area (Å²) in [6.45, 7) is 4.91. The average molecular weight is 231 g/mol. The third-order valence-corrected chi connectivity index (χ3v) is 3.47. The molecule has 0 N–H and O–H groups in total. The Balaban J connectivity index is 2.03. The SMILES string of the molecule is CC(C)C(=O)N1CCCC1Cc1ccccc1. The lowest BCUT2D eigenvalue weighted by molar-refractivity contribution is -0.135. The van der Waals surface area contributed by atoms with Crippen LogP contribution in [-0.4, -0.2) is 23.4 Å². The topological polar surface area (TPSA) is 20.3 Å². The standard InChI is InChI=1S/C15H21NO/c1-12(2)15(17)16-10-6-9-14(16)11-13-7-4-3-5-8-13/h3-5,7-8,12,14H,6,9-11H2,1-2H3. The smallest absolute Gasteiger partial charge is 0.225 e. The summed E-state index contributed by atoms with van der Waals surface area (Å²) < 4.78 is 0. The number of benzene rings is 1. The Morgan fingerprint density at radius 1 is 1.35 bits per heavy atom. The molecular formula is C15H21NO. The van der Waals surface area contributed by atoms with Crippen molar-refractivity contribution in [3.05, 3.63) is 35.9 Å². The van der Waals surface area contributed by atoms with E-state index in [0.717, 1.165) is 25.8 Å². The maximum absolute atomic E-state index is 12.1. The maximum Gasteiger partial charge on any atom is 0.225 e. The van der Waals surface area contributed by atoms with Crippen LogP contribution in [0.3, 0.4) is 0 Å². The van der Waals surface area contributed by atoms with Gasteiger partial charge in [0.05, 0.1) is 0 Å². The van der Waals surface area contributed by atoms with Gasteiger partial charge in [0.25, 0.3) is 0 Å². The van der Waals surface area contributed by atoms with E-state index in [1.165, 1.54) is 5.56 Å². The van der Waals surface area contributed by atoms with Gasteiger partial charge >= 0.3 is 0 Å². The van der Waals surface area contributed by atoms with Crippen molar-refractivity contribution in [2.24, 2.45) is 5.92 Å². The molecule has 2 nitrogen and oxygen atoms in total. The van der Waals surface area contributed by atoms with Gasteiger partial charge in [0, 0.05) is 18.5 Å². The number of likely N-dealkylation sites (tertiary alicyclic amines) is 1. The summed E-state index contributed by atoms with van der Waals surface area (Å²) in [5.41, 5.74) is 1.33. The Morgan fingerprint density at radius 2 is 2.06 bits per heavy atom. The van der Waals surface area contributed by atoms with Gasteiger partial charge < -0.3 is 4.90 Å². The molecule has 2 heteroatoms. The van der Waals surface area contributed by atoms with Crippen LogP contribution in [0.25, 0.3) is 0 Å². The highest BCUT2D eigenvalue weighted by atomic mass is 16.2. The van der Waals surface area contributed by atoms with Crippen LogP contribution in [0.4, 0.5) is 0 Å². The van der Waals surface area contributed by atoms with Crippen molar-refractivity contribution in [1.82, 2.24) is 4.90 Å². The molecule has 1 atom stereocenters. The van der Waals surface area contributed by atoms with Gasteiger partial charge in [0.2, 0.25) is 5.91 Å². The predicted octanol–water partition coefficient (Wildman–Crippen LogP) is 2.88. The number of carbonyl (C=O) groups excluding carboxylic acids is 1. The summed E-state index contributed by atoms with van der Waals surface area (Å²) in [6, 6.07) is 10.9. The molecule has 1 amide bonds. The van der Waals surface area contributed by atoms with Crippen molar-refractivity contribution >= 4 is 5.91 Å². The van der Waals surface area contributed by atoms with Crippen LogP contribution in [0, 0.1) is 5.92 Å². The van der Waals surface area contributed by atoms with Crippen molar-refractivity contribution in [3.8, 4) is 0 Å². The van der Waals surface area contributed by atoms with Crippen molar-refractivity contribution < 1.29 is 4.79 Å². The summed E-state index contributed by atoms with van der Waals surface area (Å²) in [7, 11) is 0. The minimum absolute atomic E-state index is 0.117. The molecule has 1 unspecified atom stereocenters. The highest BCUT2D eigenvalue weighted by Crippen LogP contribution is 2.22. The minimum Gasteiger partial charge on any atom is -0.339 e. The van der Waals surface area contributed by atoms with Crippen LogP contribution in [0.15, 0.2) is 30.3 Å². The number of rotatable bonds is 3. The molecule has 0 aliphatic carbocycles. The van der Waals surface area contributed by atoms with Gasteiger partial charge in [-0.25, -0.2) is 0 Å². The second-order valence-corrected chi connectivity index (χ2v) is 5.17. The van der Waals surface area contributed by atoms with E-state index in [9.17, 15) is 4.79 Å². The molecule has 1 aliphatic heterocycles. The zero-order valence-corrected chi connectivity index (χ0v) is 10.7. The molecule has 1 aromatic carbocycles. The van der Waals surface area contributed by atoms with Gasteiger partial charge in [-0.05, 0) is 24.8 Å². The van der Waals surface area contributed by atoms with E-state index in [1.54, 1.807) is 0 Å². The summed E-state index contributed by atoms with van der Waals surface area (Å²) >= 11 is 0. The summed E-state index contributed by atoms with van der Waals surface area (Å²) in [4.78, 5) is 14.2. The maximum atomic E-state index is 12.1. The highest BCUT2D eigenvalue weighted by molar-refractivity contribution is 5.78. The molecule has 0 saturated carbocycles. The van der Waals surface area contributed by atoms with Crippen LogP contribution in [0.5, 0.6) is 0 Å². The van der Waals surface area contributed by atoms with Crippen LogP contribution in [0.2, 0.25) is 0 Å². The van der Waals surface area contributed by atoms with Crippen molar-refractivity contribution in [2.75, 3.05) is 6.54 Å². The van der Waals surface area contributed by atoms with Crippen molar-refractivity contribution in [1.29, 1.82) is 0 Å². The first-order chi connectivity index (χ1) is 8.18. The molecule has 1 saturated heterocycles. The number of hydrogen-bond acceptors (Lipinski definition) is 1. The van der Waals surface area contributed by atoms with Gasteiger partial charge in [-0.1, -0.05) is 44.2 Å². The van der Waals surface area contributed by atoms with Gasteiger partial charge in [-0.2, -0.15) is 0 Å². The van der Waals surface area contributed by atoms with Crippen LogP contribution >= 0.6 is 0 Å². The summed E-state index contributed by atoms with van der Waals surface area (Å²) in [5, 5.41) is 0. The molecule has 0 spiro atoms. The van der Waals surface area contributed by atoms with Crippen molar-refractivity contribution in [2.45, 2.75) is 39.2 Å². The first kappa shape index (κ1) is 12.2. The lowest BCUT2D eigenvalue weighted by Crippen LogP contribution is -2.39. The Hall–Kier alpha value is -1.31. The van der Waals surface area contributed by atoms with Gasteiger partial charge in [0.15, 0.2) is 0 Å². The quantitative estimate of drug-likeness (QED) is 0.783. The normalized spacial score (nSPS) is 19.9. The fraction of sp³-hybridized carbons (Fsp3) is 0.533. The van der Waals surface area contributed by atoms with Crippen molar-refractivity contribution in [3.63, 3.8) is 0 Å². The number of carbonyl (C=O) groups is 1. The Labute approximate surface area is 104 Å². The van der Waals surface area contributed by atoms with E-state index < -0.39 is 0 Å². The Bertz CT molecular complexity index is 372. The molecule has 17 heavy (non-hydrogen) atoms. The Kier molecular flexibility index (Phi) is 3.82. The lowest BCUT2D eigenvalue weighted by atomic mass is 10.0. The number of amides is 1. The van der Waals surface area contributed by atoms with E-state index in [4.69, 9.17) is 0 Å². The zero-order chi connectivity index (χ0) is 12.3. The molecule has 0 aromatic heterocycles. The van der Waals surface area contributed by atoms with E-state index in [2.05, 4.69) is 29.2 Å². The van der Waals surface area contributed by atoms with E-state index in [1.807, 2.05) is 19.9 Å². The largest absolute Gasteiger partial charge is 0.339 e. The molecule has 0 radical (unpaired) electrons. The monoisotopic (exact) mass is 231 g/mol. The van der Waals surface area contributed by atoms with Crippen LogP contribution < -0.4 is 0 Å². The predicted molar refractivity (Wildman–Crippen MR) is 69.7 cm³/mol. The fourth-order valence-corrected chi connectivity index (χ4v) is 2.56. The summed E-state index contributed by atoms with van der Waals surface area (Å²) in [6.07, 6.45) is 3.29. The third kappa shape index (κ3) is 2.87. The average Bonchev–Trinajstić information content (AvgIpc) is 2.77. The molecule has 1 fully saturated rings. The minimum atomic E-state index is 0.117. The molecule has 1 aromatic rings. The molecular weight excluding hydrogens is 210 g/mol. The van der Waals surface area contributed by atoms with Gasteiger partial charge in [-0.3, -0.25) is 4.79 Å².